The van der Waals surface area contributed by atoms with Crippen molar-refractivity contribution in [3.05, 3.63) is 41.5 Å². The maximum atomic E-state index is 5.56. The predicted molar refractivity (Wildman–Crippen MR) is 161 cm³/mol. The smallest absolute Gasteiger partial charge is 0.161 e. The molecular weight excluding hydrogens is 496 g/mol. The number of hydrogen-bond acceptors (Lipinski definition) is 5. The molecule has 4 fully saturated rings. The summed E-state index contributed by atoms with van der Waals surface area (Å²) < 4.78 is 13.3. The molecular formula is C34H46N4O2. The summed E-state index contributed by atoms with van der Waals surface area (Å²) in [7, 11) is 5.49. The first kappa shape index (κ1) is 26.3. The first-order chi connectivity index (χ1) is 19.5. The van der Waals surface area contributed by atoms with Crippen LogP contribution in [0.15, 0.2) is 30.3 Å². The van der Waals surface area contributed by atoms with Gasteiger partial charge in [0, 0.05) is 37.3 Å². The van der Waals surface area contributed by atoms with Crippen molar-refractivity contribution in [2.24, 2.45) is 13.0 Å². The van der Waals surface area contributed by atoms with Gasteiger partial charge in [-0.1, -0.05) is 12.5 Å². The topological polar surface area (TPSA) is 42.8 Å². The summed E-state index contributed by atoms with van der Waals surface area (Å²) in [6, 6.07) is 13.4. The molecule has 2 atom stereocenters. The summed E-state index contributed by atoms with van der Waals surface area (Å²) in [5.41, 5.74) is 6.11. The molecule has 6 nitrogen and oxygen atoms in total. The molecule has 4 heterocycles. The Labute approximate surface area is 239 Å². The number of likely N-dealkylation sites (tertiary alicyclic amines) is 1. The molecule has 40 heavy (non-hydrogen) atoms. The van der Waals surface area contributed by atoms with Crippen LogP contribution < -0.4 is 9.47 Å². The summed E-state index contributed by atoms with van der Waals surface area (Å²) in [5.74, 6) is 4.07. The van der Waals surface area contributed by atoms with Gasteiger partial charge in [-0.2, -0.15) is 0 Å². The second-order valence-electron chi connectivity index (χ2n) is 13.1. The second-order valence-corrected chi connectivity index (χ2v) is 13.1. The van der Waals surface area contributed by atoms with Crippen LogP contribution >= 0.6 is 0 Å². The van der Waals surface area contributed by atoms with E-state index in [4.69, 9.17) is 14.5 Å². The van der Waals surface area contributed by atoms with Crippen molar-refractivity contribution < 1.29 is 9.47 Å². The van der Waals surface area contributed by atoms with Gasteiger partial charge in [0.1, 0.15) is 5.82 Å². The number of methoxy groups -OCH3 is 2. The average Bonchev–Trinajstić information content (AvgIpc) is 3.41. The van der Waals surface area contributed by atoms with Gasteiger partial charge in [-0.25, -0.2) is 4.98 Å². The van der Waals surface area contributed by atoms with Gasteiger partial charge < -0.3 is 18.9 Å². The third-order valence-corrected chi connectivity index (χ3v) is 10.9. The molecule has 1 saturated carbocycles. The van der Waals surface area contributed by atoms with Gasteiger partial charge in [0.05, 0.1) is 25.3 Å². The molecule has 3 aromatic rings. The first-order valence-electron chi connectivity index (χ1n) is 15.7. The van der Waals surface area contributed by atoms with E-state index in [1.807, 2.05) is 12.1 Å². The maximum Gasteiger partial charge on any atom is 0.161 e. The largest absolute Gasteiger partial charge is 0.493 e. The van der Waals surface area contributed by atoms with E-state index >= 15 is 0 Å². The molecule has 0 spiro atoms. The third kappa shape index (κ3) is 4.61. The van der Waals surface area contributed by atoms with E-state index in [1.54, 1.807) is 14.2 Å². The van der Waals surface area contributed by atoms with Gasteiger partial charge in [-0.15, -0.1) is 0 Å². The zero-order chi connectivity index (χ0) is 27.4. The Balaban J connectivity index is 1.05. The standard InChI is InChI=1S/C34H46N4O2/c1-22-16-26(17-30-33(22)35-34(36(30)2)25-8-11-31(39-3)32(18-25)40-4)24-12-14-37(15-13-24)29-19-27-9-10-28(20-29)38(27)21-23-6-5-7-23/h8,11,16-18,23-24,27-29H,5-7,9-10,12-15,19-21H2,1-4H3. The maximum absolute atomic E-state index is 5.56. The normalized spacial score (nSPS) is 26.4. The molecule has 214 valence electrons. The van der Waals surface area contributed by atoms with Crippen LogP contribution in [0.2, 0.25) is 0 Å². The van der Waals surface area contributed by atoms with Gasteiger partial charge >= 0.3 is 0 Å². The Morgan fingerprint density at radius 2 is 1.57 bits per heavy atom. The lowest BCUT2D eigenvalue weighted by Crippen LogP contribution is -2.53. The van der Waals surface area contributed by atoms with E-state index in [2.05, 4.69) is 46.5 Å². The number of aromatic nitrogens is 2. The lowest BCUT2D eigenvalue weighted by atomic mass is 9.83. The Kier molecular flexibility index (Phi) is 7.03. The lowest BCUT2D eigenvalue weighted by Gasteiger charge is -2.47. The van der Waals surface area contributed by atoms with E-state index in [1.165, 1.54) is 94.1 Å². The SMILES string of the molecule is COc1ccc(-c2nc3c(C)cc(C4CCN(C5CC6CCC(C5)N6CC5CCC5)CC4)cc3n2C)cc1OC. The van der Waals surface area contributed by atoms with E-state index in [9.17, 15) is 0 Å². The van der Waals surface area contributed by atoms with Crippen molar-refractivity contribution in [2.45, 2.75) is 88.8 Å². The average molecular weight is 543 g/mol. The van der Waals surface area contributed by atoms with Crippen molar-refractivity contribution >= 4 is 11.0 Å². The van der Waals surface area contributed by atoms with E-state index < -0.39 is 0 Å². The Morgan fingerprint density at radius 3 is 2.23 bits per heavy atom. The quantitative estimate of drug-likeness (QED) is 0.339. The molecule has 2 unspecified atom stereocenters. The summed E-state index contributed by atoms with van der Waals surface area (Å²) >= 11 is 0. The fraction of sp³-hybridized carbons (Fsp3) is 0.618. The molecule has 3 aliphatic heterocycles. The van der Waals surface area contributed by atoms with Crippen LogP contribution in [-0.4, -0.2) is 71.3 Å². The molecule has 3 saturated heterocycles. The van der Waals surface area contributed by atoms with Crippen LogP contribution in [-0.2, 0) is 7.05 Å². The second kappa shape index (κ2) is 10.7. The monoisotopic (exact) mass is 542 g/mol. The minimum Gasteiger partial charge on any atom is -0.493 e. The summed E-state index contributed by atoms with van der Waals surface area (Å²) in [6.45, 7) is 6.11. The molecule has 6 heteroatoms. The Bertz CT molecular complexity index is 1360. The highest BCUT2D eigenvalue weighted by Crippen LogP contribution is 2.42. The molecule has 4 aliphatic rings. The molecule has 0 N–H and O–H groups in total. The zero-order valence-corrected chi connectivity index (χ0v) is 24.9. The van der Waals surface area contributed by atoms with Crippen LogP contribution in [0.4, 0.5) is 0 Å². The number of benzene rings is 2. The third-order valence-electron chi connectivity index (χ3n) is 10.9. The first-order valence-corrected chi connectivity index (χ1v) is 15.7. The van der Waals surface area contributed by atoms with Crippen molar-refractivity contribution in [3.8, 4) is 22.9 Å². The highest BCUT2D eigenvalue weighted by molar-refractivity contribution is 5.84. The van der Waals surface area contributed by atoms with Crippen LogP contribution in [0.5, 0.6) is 11.5 Å². The molecule has 0 radical (unpaired) electrons. The molecule has 1 aliphatic carbocycles. The van der Waals surface area contributed by atoms with Gasteiger partial charge in [-0.3, -0.25) is 4.90 Å². The predicted octanol–water partition coefficient (Wildman–Crippen LogP) is 6.54. The van der Waals surface area contributed by atoms with Crippen molar-refractivity contribution in [2.75, 3.05) is 33.9 Å². The van der Waals surface area contributed by atoms with E-state index in [0.29, 0.717) is 5.92 Å². The number of nitrogens with zero attached hydrogens (tertiary/aromatic N) is 4. The highest BCUT2D eigenvalue weighted by Gasteiger charge is 2.43. The van der Waals surface area contributed by atoms with Crippen LogP contribution in [0.1, 0.15) is 74.8 Å². The number of piperidine rings is 2. The number of aryl methyl sites for hydroxylation is 2. The fourth-order valence-electron chi connectivity index (χ4n) is 8.37. The number of rotatable bonds is 7. The lowest BCUT2D eigenvalue weighted by molar-refractivity contribution is 0.0297. The van der Waals surface area contributed by atoms with Crippen molar-refractivity contribution in [3.63, 3.8) is 0 Å². The van der Waals surface area contributed by atoms with Crippen LogP contribution in [0.3, 0.4) is 0 Å². The molecule has 0 amide bonds. The van der Waals surface area contributed by atoms with Crippen LogP contribution in [0, 0.1) is 12.8 Å². The Hall–Kier alpha value is -2.57. The fourth-order valence-corrected chi connectivity index (χ4v) is 8.37. The number of ether oxygens (including phenoxy) is 2. The van der Waals surface area contributed by atoms with Crippen LogP contribution in [0.25, 0.3) is 22.4 Å². The molecule has 2 aromatic carbocycles. The van der Waals surface area contributed by atoms with Crippen molar-refractivity contribution in [1.82, 2.24) is 19.4 Å². The summed E-state index contributed by atoms with van der Waals surface area (Å²) in [4.78, 5) is 10.9. The summed E-state index contributed by atoms with van der Waals surface area (Å²) in [5, 5.41) is 0. The molecule has 2 bridgehead atoms. The van der Waals surface area contributed by atoms with Gasteiger partial charge in [0.2, 0.25) is 0 Å². The molecule has 1 aromatic heterocycles. The zero-order valence-electron chi connectivity index (χ0n) is 24.9. The van der Waals surface area contributed by atoms with E-state index in [-0.39, 0.29) is 0 Å². The van der Waals surface area contributed by atoms with Crippen molar-refractivity contribution in [1.29, 1.82) is 0 Å². The van der Waals surface area contributed by atoms with E-state index in [0.717, 1.165) is 52.4 Å². The number of imidazole rings is 1. The van der Waals surface area contributed by atoms with Gasteiger partial charge in [-0.05, 0) is 119 Å². The van der Waals surface area contributed by atoms with Gasteiger partial charge in [0.15, 0.2) is 11.5 Å². The number of fused-ring (bicyclic) bond motifs is 3. The minimum atomic E-state index is 0.634. The molecule has 7 rings (SSSR count). The number of hydrogen-bond donors (Lipinski definition) is 0. The highest BCUT2D eigenvalue weighted by atomic mass is 16.5. The van der Waals surface area contributed by atoms with Gasteiger partial charge in [0.25, 0.3) is 0 Å². The Morgan fingerprint density at radius 1 is 0.850 bits per heavy atom. The minimum absolute atomic E-state index is 0.634. The summed E-state index contributed by atoms with van der Waals surface area (Å²) in [6.07, 6.45) is 12.7.